The molecule has 0 saturated heterocycles. The summed E-state index contributed by atoms with van der Waals surface area (Å²) in [6.45, 7) is 3.63. The van der Waals surface area contributed by atoms with Crippen molar-refractivity contribution in [2.24, 2.45) is 4.99 Å². The van der Waals surface area contributed by atoms with Crippen LogP contribution in [0, 0.1) is 25.5 Å². The highest BCUT2D eigenvalue weighted by molar-refractivity contribution is 6.19. The van der Waals surface area contributed by atoms with E-state index in [0.29, 0.717) is 23.2 Å². The Hall–Kier alpha value is -3.87. The van der Waals surface area contributed by atoms with Crippen molar-refractivity contribution in [1.82, 2.24) is 0 Å². The highest BCUT2D eigenvalue weighted by Gasteiger charge is 2.27. The second-order valence-corrected chi connectivity index (χ2v) is 7.69. The largest absolute Gasteiger partial charge is 0.322 e. The number of rotatable bonds is 4. The molecule has 162 valence electrons. The molecule has 5 nitrogen and oxygen atoms in total. The van der Waals surface area contributed by atoms with E-state index in [0.717, 1.165) is 28.8 Å². The Balaban J connectivity index is 1.63. The maximum atomic E-state index is 13.9. The lowest BCUT2D eigenvalue weighted by atomic mass is 9.99. The number of carbonyl (C=O) groups is 2. The van der Waals surface area contributed by atoms with Crippen molar-refractivity contribution in [3.8, 4) is 0 Å². The quantitative estimate of drug-likeness (QED) is 0.624. The average Bonchev–Trinajstić information content (AvgIpc) is 2.87. The van der Waals surface area contributed by atoms with Gasteiger partial charge in [-0.15, -0.1) is 0 Å². The second-order valence-electron chi connectivity index (χ2n) is 7.69. The van der Waals surface area contributed by atoms with Gasteiger partial charge in [-0.1, -0.05) is 35.9 Å². The topological polar surface area (TPSA) is 61.8 Å². The number of nitrogens with zero attached hydrogens (tertiary/aromatic N) is 2. The fourth-order valence-corrected chi connectivity index (χ4v) is 3.74. The first kappa shape index (κ1) is 21.4. The van der Waals surface area contributed by atoms with Crippen LogP contribution >= 0.6 is 0 Å². The van der Waals surface area contributed by atoms with Crippen molar-refractivity contribution in [3.63, 3.8) is 0 Å². The maximum Gasteiger partial charge on any atom is 0.244 e. The van der Waals surface area contributed by atoms with E-state index in [1.807, 2.05) is 38.1 Å². The van der Waals surface area contributed by atoms with Crippen molar-refractivity contribution < 1.29 is 18.4 Å². The van der Waals surface area contributed by atoms with Crippen LogP contribution in [-0.4, -0.2) is 24.1 Å². The van der Waals surface area contributed by atoms with E-state index in [2.05, 4.69) is 5.32 Å². The first-order valence-corrected chi connectivity index (χ1v) is 10.1. The van der Waals surface area contributed by atoms with Gasteiger partial charge in [0.05, 0.1) is 29.2 Å². The third kappa shape index (κ3) is 4.42. The minimum atomic E-state index is -0.888. The van der Waals surface area contributed by atoms with Gasteiger partial charge in [0.25, 0.3) is 0 Å². The summed E-state index contributed by atoms with van der Waals surface area (Å²) >= 11 is 0. The molecule has 32 heavy (non-hydrogen) atoms. The third-order valence-electron chi connectivity index (χ3n) is 5.25. The van der Waals surface area contributed by atoms with Crippen molar-refractivity contribution in [1.29, 1.82) is 0 Å². The fourth-order valence-electron chi connectivity index (χ4n) is 3.74. The van der Waals surface area contributed by atoms with Gasteiger partial charge in [0.15, 0.2) is 0 Å². The van der Waals surface area contributed by atoms with Crippen molar-refractivity contribution in [2.75, 3.05) is 16.8 Å². The molecular weight excluding hydrogens is 412 g/mol. The average molecular weight is 433 g/mol. The molecule has 1 aliphatic heterocycles. The molecule has 1 heterocycles. The molecule has 7 heteroatoms. The summed E-state index contributed by atoms with van der Waals surface area (Å²) in [5.41, 5.74) is 4.51. The van der Waals surface area contributed by atoms with Gasteiger partial charge in [-0.25, -0.2) is 8.78 Å². The van der Waals surface area contributed by atoms with E-state index in [1.54, 1.807) is 18.2 Å². The molecule has 0 bridgehead atoms. The normalized spacial score (nSPS) is 13.3. The Morgan fingerprint density at radius 3 is 2.59 bits per heavy atom. The SMILES string of the molecule is Cc1ccc(C2=Nc3ccccc3N(CC(=O)Nc3ccc(F)cc3F)C(=O)C2)c(C)c1. The minimum Gasteiger partial charge on any atom is -0.322 e. The lowest BCUT2D eigenvalue weighted by Gasteiger charge is -2.22. The van der Waals surface area contributed by atoms with Crippen molar-refractivity contribution in [3.05, 3.63) is 89.0 Å². The molecule has 0 saturated carbocycles. The van der Waals surface area contributed by atoms with E-state index in [1.165, 1.54) is 4.90 Å². The van der Waals surface area contributed by atoms with Crippen molar-refractivity contribution in [2.45, 2.75) is 20.3 Å². The number of para-hydroxylation sites is 2. The molecule has 0 aromatic heterocycles. The summed E-state index contributed by atoms with van der Waals surface area (Å²) in [4.78, 5) is 31.9. The number of anilines is 2. The van der Waals surface area contributed by atoms with Crippen LogP contribution in [0.5, 0.6) is 0 Å². The number of fused-ring (bicyclic) bond motifs is 1. The molecule has 0 atom stereocenters. The molecule has 1 N–H and O–H groups in total. The number of halogens is 2. The maximum absolute atomic E-state index is 13.9. The zero-order chi connectivity index (χ0) is 22.8. The lowest BCUT2D eigenvalue weighted by molar-refractivity contribution is -0.120. The highest BCUT2D eigenvalue weighted by Crippen LogP contribution is 2.33. The molecule has 2 amide bonds. The number of benzene rings is 3. The van der Waals surface area contributed by atoms with Crippen LogP contribution in [-0.2, 0) is 9.59 Å². The molecule has 0 aliphatic carbocycles. The Morgan fingerprint density at radius 2 is 1.84 bits per heavy atom. The zero-order valence-corrected chi connectivity index (χ0v) is 17.7. The first-order valence-electron chi connectivity index (χ1n) is 10.1. The summed E-state index contributed by atoms with van der Waals surface area (Å²) in [6, 6.07) is 15.9. The molecule has 1 aliphatic rings. The van der Waals surface area contributed by atoms with Crippen LogP contribution in [0.1, 0.15) is 23.1 Å². The Labute approximate surface area is 184 Å². The standard InChI is InChI=1S/C25H21F2N3O2/c1-15-7-9-18(16(2)11-15)22-13-25(32)30(23-6-4-3-5-21(23)28-22)14-24(31)29-20-10-8-17(26)12-19(20)27/h3-12H,13-14H2,1-2H3,(H,29,31). The molecule has 3 aromatic carbocycles. The predicted octanol–water partition coefficient (Wildman–Crippen LogP) is 5.08. The van der Waals surface area contributed by atoms with Crippen LogP contribution < -0.4 is 10.2 Å². The summed E-state index contributed by atoms with van der Waals surface area (Å²) < 4.78 is 27.0. The van der Waals surface area contributed by atoms with Gasteiger partial charge in [0.1, 0.15) is 18.2 Å². The molecule has 4 rings (SSSR count). The van der Waals surface area contributed by atoms with Gasteiger partial charge in [-0.2, -0.15) is 0 Å². The summed E-state index contributed by atoms with van der Waals surface area (Å²) in [5, 5.41) is 2.40. The molecule has 3 aromatic rings. The fraction of sp³-hybridized carbons (Fsp3) is 0.160. The molecule has 0 fully saturated rings. The van der Waals surface area contributed by atoms with Gasteiger partial charge >= 0.3 is 0 Å². The van der Waals surface area contributed by atoms with E-state index < -0.39 is 17.5 Å². The van der Waals surface area contributed by atoms with E-state index in [4.69, 9.17) is 4.99 Å². The van der Waals surface area contributed by atoms with E-state index in [9.17, 15) is 18.4 Å². The van der Waals surface area contributed by atoms with Gasteiger partial charge in [-0.3, -0.25) is 14.6 Å². The van der Waals surface area contributed by atoms with Crippen LogP contribution in [0.2, 0.25) is 0 Å². The third-order valence-corrected chi connectivity index (χ3v) is 5.25. The second kappa shape index (κ2) is 8.70. The lowest BCUT2D eigenvalue weighted by Crippen LogP contribution is -2.38. The predicted molar refractivity (Wildman–Crippen MR) is 121 cm³/mol. The Bertz CT molecular complexity index is 1250. The molecular formula is C25H21F2N3O2. The highest BCUT2D eigenvalue weighted by atomic mass is 19.1. The van der Waals surface area contributed by atoms with Crippen LogP contribution in [0.15, 0.2) is 65.7 Å². The van der Waals surface area contributed by atoms with Gasteiger partial charge in [-0.05, 0) is 49.2 Å². The molecule has 0 spiro atoms. The molecule has 0 unspecified atom stereocenters. The number of carbonyl (C=O) groups excluding carboxylic acids is 2. The number of amides is 2. The number of hydrogen-bond acceptors (Lipinski definition) is 3. The van der Waals surface area contributed by atoms with Crippen LogP contribution in [0.25, 0.3) is 0 Å². The van der Waals surface area contributed by atoms with Crippen LogP contribution in [0.3, 0.4) is 0 Å². The summed E-state index contributed by atoms with van der Waals surface area (Å²) in [5.74, 6) is -2.54. The monoisotopic (exact) mass is 433 g/mol. The first-order chi connectivity index (χ1) is 15.3. The zero-order valence-electron chi connectivity index (χ0n) is 17.7. The van der Waals surface area contributed by atoms with E-state index >= 15 is 0 Å². The van der Waals surface area contributed by atoms with E-state index in [-0.39, 0.29) is 24.6 Å². The van der Waals surface area contributed by atoms with Crippen LogP contribution in [0.4, 0.5) is 25.8 Å². The number of hydrogen-bond donors (Lipinski definition) is 1. The van der Waals surface area contributed by atoms with Gasteiger partial charge in [0, 0.05) is 6.07 Å². The number of nitrogens with one attached hydrogen (secondary N) is 1. The minimum absolute atomic E-state index is 0.0107. The Kier molecular flexibility index (Phi) is 5.81. The Morgan fingerprint density at radius 1 is 1.06 bits per heavy atom. The summed E-state index contributed by atoms with van der Waals surface area (Å²) in [6.07, 6.45) is 0.0107. The van der Waals surface area contributed by atoms with Gasteiger partial charge < -0.3 is 10.2 Å². The molecule has 0 radical (unpaired) electrons. The number of aryl methyl sites for hydroxylation is 2. The van der Waals surface area contributed by atoms with Gasteiger partial charge in [0.2, 0.25) is 11.8 Å². The smallest absolute Gasteiger partial charge is 0.244 e. The van der Waals surface area contributed by atoms with Crippen molar-refractivity contribution >= 4 is 34.6 Å². The number of aliphatic imine (C=N–C) groups is 1. The summed E-state index contributed by atoms with van der Waals surface area (Å²) in [7, 11) is 0.